The third-order valence-electron chi connectivity index (χ3n) is 3.93. The molecule has 1 aromatic carbocycles. The van der Waals surface area contributed by atoms with Crippen LogP contribution in [0.5, 0.6) is 5.75 Å². The molecular weight excluding hydrogens is 238 g/mol. The predicted molar refractivity (Wildman–Crippen MR) is 76.3 cm³/mol. The number of hydrogen-bond donors (Lipinski definition) is 1. The second-order valence-corrected chi connectivity index (χ2v) is 5.67. The summed E-state index contributed by atoms with van der Waals surface area (Å²) in [6.07, 6.45) is 6.49. The highest BCUT2D eigenvalue weighted by atomic mass is 16.5. The number of benzene rings is 1. The van der Waals surface area contributed by atoms with Gasteiger partial charge in [0.05, 0.1) is 7.11 Å². The van der Waals surface area contributed by atoms with Crippen LogP contribution >= 0.6 is 0 Å². The molecule has 2 N–H and O–H groups in total. The number of ketones is 1. The van der Waals surface area contributed by atoms with Gasteiger partial charge in [-0.3, -0.25) is 4.79 Å². The highest BCUT2D eigenvalue weighted by molar-refractivity contribution is 5.82. The SMILES string of the molecule is COc1cccc(CC(=O)CC2(N)CCCCC2)c1. The van der Waals surface area contributed by atoms with Crippen molar-refractivity contribution < 1.29 is 9.53 Å². The zero-order valence-electron chi connectivity index (χ0n) is 11.7. The van der Waals surface area contributed by atoms with Crippen molar-refractivity contribution in [1.82, 2.24) is 0 Å². The van der Waals surface area contributed by atoms with Crippen molar-refractivity contribution in [1.29, 1.82) is 0 Å². The number of hydrogen-bond acceptors (Lipinski definition) is 3. The predicted octanol–water partition coefficient (Wildman–Crippen LogP) is 2.86. The van der Waals surface area contributed by atoms with Crippen LogP contribution in [0, 0.1) is 0 Å². The molecule has 1 fully saturated rings. The number of Topliss-reactive ketones (excluding diaryl/α,β-unsaturated/α-hetero) is 1. The molecule has 0 bridgehead atoms. The molecule has 1 aliphatic carbocycles. The highest BCUT2D eigenvalue weighted by Crippen LogP contribution is 2.29. The molecule has 104 valence electrons. The van der Waals surface area contributed by atoms with Crippen LogP contribution in [0.3, 0.4) is 0 Å². The zero-order chi connectivity index (χ0) is 13.7. The minimum atomic E-state index is -0.256. The standard InChI is InChI=1S/C16H23NO2/c1-19-15-7-5-6-13(11-15)10-14(18)12-16(17)8-3-2-4-9-16/h5-7,11H,2-4,8-10,12,17H2,1H3. The van der Waals surface area contributed by atoms with Crippen LogP contribution in [-0.4, -0.2) is 18.4 Å². The Morgan fingerprint density at radius 2 is 2.05 bits per heavy atom. The van der Waals surface area contributed by atoms with Gasteiger partial charge in [0.2, 0.25) is 0 Å². The van der Waals surface area contributed by atoms with Gasteiger partial charge < -0.3 is 10.5 Å². The Morgan fingerprint density at radius 3 is 2.74 bits per heavy atom. The quantitative estimate of drug-likeness (QED) is 0.886. The average molecular weight is 261 g/mol. The van der Waals surface area contributed by atoms with Crippen molar-refractivity contribution in [3.8, 4) is 5.75 Å². The fourth-order valence-corrected chi connectivity index (χ4v) is 2.90. The van der Waals surface area contributed by atoms with Crippen LogP contribution in [0.15, 0.2) is 24.3 Å². The van der Waals surface area contributed by atoms with Gasteiger partial charge in [0, 0.05) is 18.4 Å². The number of ether oxygens (including phenoxy) is 1. The molecule has 0 amide bonds. The van der Waals surface area contributed by atoms with Crippen molar-refractivity contribution in [2.24, 2.45) is 5.73 Å². The van der Waals surface area contributed by atoms with E-state index in [-0.39, 0.29) is 11.3 Å². The van der Waals surface area contributed by atoms with E-state index in [2.05, 4.69) is 0 Å². The lowest BCUT2D eigenvalue weighted by Gasteiger charge is -2.32. The minimum absolute atomic E-state index is 0.234. The maximum atomic E-state index is 12.2. The van der Waals surface area contributed by atoms with E-state index in [9.17, 15) is 4.79 Å². The third kappa shape index (κ3) is 4.06. The summed E-state index contributed by atoms with van der Waals surface area (Å²) in [7, 11) is 1.64. The summed E-state index contributed by atoms with van der Waals surface area (Å²) >= 11 is 0. The summed E-state index contributed by atoms with van der Waals surface area (Å²) in [5, 5.41) is 0. The number of rotatable bonds is 5. The molecule has 0 atom stereocenters. The minimum Gasteiger partial charge on any atom is -0.497 e. The van der Waals surface area contributed by atoms with Crippen LogP contribution in [0.25, 0.3) is 0 Å². The first-order chi connectivity index (χ1) is 9.11. The first kappa shape index (κ1) is 14.1. The van der Waals surface area contributed by atoms with E-state index >= 15 is 0 Å². The lowest BCUT2D eigenvalue weighted by molar-refractivity contribution is -0.119. The van der Waals surface area contributed by atoms with E-state index in [1.165, 1.54) is 6.42 Å². The largest absolute Gasteiger partial charge is 0.497 e. The Hall–Kier alpha value is -1.35. The highest BCUT2D eigenvalue weighted by Gasteiger charge is 2.29. The van der Waals surface area contributed by atoms with Crippen molar-refractivity contribution in [3.63, 3.8) is 0 Å². The smallest absolute Gasteiger partial charge is 0.139 e. The normalized spacial score (nSPS) is 18.0. The Balaban J connectivity index is 1.93. The summed E-state index contributed by atoms with van der Waals surface area (Å²) in [6.45, 7) is 0. The monoisotopic (exact) mass is 261 g/mol. The lowest BCUT2D eigenvalue weighted by Crippen LogP contribution is -2.43. The molecule has 3 nitrogen and oxygen atoms in total. The van der Waals surface area contributed by atoms with Crippen LogP contribution in [0.4, 0.5) is 0 Å². The van der Waals surface area contributed by atoms with E-state index < -0.39 is 0 Å². The van der Waals surface area contributed by atoms with E-state index in [0.29, 0.717) is 12.8 Å². The van der Waals surface area contributed by atoms with Crippen molar-refractivity contribution in [2.45, 2.75) is 50.5 Å². The van der Waals surface area contributed by atoms with Crippen LogP contribution in [-0.2, 0) is 11.2 Å². The number of nitrogens with two attached hydrogens (primary N) is 1. The Kier molecular flexibility index (Phi) is 4.59. The fourth-order valence-electron chi connectivity index (χ4n) is 2.90. The van der Waals surface area contributed by atoms with Gasteiger partial charge in [0.15, 0.2) is 0 Å². The van der Waals surface area contributed by atoms with Gasteiger partial charge in [-0.2, -0.15) is 0 Å². The third-order valence-corrected chi connectivity index (χ3v) is 3.93. The number of carbonyl (C=O) groups excluding carboxylic acids is 1. The van der Waals surface area contributed by atoms with E-state index in [4.69, 9.17) is 10.5 Å². The van der Waals surface area contributed by atoms with Gasteiger partial charge in [-0.25, -0.2) is 0 Å². The molecule has 2 rings (SSSR count). The summed E-state index contributed by atoms with van der Waals surface area (Å²) in [5.74, 6) is 1.03. The van der Waals surface area contributed by atoms with Crippen molar-refractivity contribution in [2.75, 3.05) is 7.11 Å². The molecule has 0 unspecified atom stereocenters. The molecule has 0 saturated heterocycles. The fraction of sp³-hybridized carbons (Fsp3) is 0.562. The van der Waals surface area contributed by atoms with Crippen molar-refractivity contribution >= 4 is 5.78 Å². The molecule has 1 aliphatic rings. The van der Waals surface area contributed by atoms with Gasteiger partial charge >= 0.3 is 0 Å². The van der Waals surface area contributed by atoms with Crippen LogP contribution in [0.1, 0.15) is 44.1 Å². The van der Waals surface area contributed by atoms with Gasteiger partial charge in [-0.05, 0) is 30.5 Å². The van der Waals surface area contributed by atoms with Gasteiger partial charge in [0.1, 0.15) is 11.5 Å². The molecule has 0 heterocycles. The molecule has 0 spiro atoms. The Labute approximate surface area is 115 Å². The molecule has 0 aromatic heterocycles. The van der Waals surface area contributed by atoms with Crippen molar-refractivity contribution in [3.05, 3.63) is 29.8 Å². The summed E-state index contributed by atoms with van der Waals surface area (Å²) in [6, 6.07) is 7.69. The summed E-state index contributed by atoms with van der Waals surface area (Å²) in [5.41, 5.74) is 7.07. The average Bonchev–Trinajstić information content (AvgIpc) is 2.39. The van der Waals surface area contributed by atoms with Gasteiger partial charge in [0.25, 0.3) is 0 Å². The first-order valence-electron chi connectivity index (χ1n) is 7.05. The molecule has 0 radical (unpaired) electrons. The Morgan fingerprint density at radius 1 is 1.32 bits per heavy atom. The summed E-state index contributed by atoms with van der Waals surface area (Å²) < 4.78 is 5.17. The lowest BCUT2D eigenvalue weighted by atomic mass is 9.78. The molecule has 0 aliphatic heterocycles. The Bertz CT molecular complexity index is 436. The van der Waals surface area contributed by atoms with Gasteiger partial charge in [-0.15, -0.1) is 0 Å². The van der Waals surface area contributed by atoms with Crippen LogP contribution < -0.4 is 10.5 Å². The van der Waals surface area contributed by atoms with E-state index in [1.54, 1.807) is 7.11 Å². The number of carbonyl (C=O) groups is 1. The van der Waals surface area contributed by atoms with E-state index in [0.717, 1.165) is 37.0 Å². The first-order valence-corrected chi connectivity index (χ1v) is 7.05. The molecule has 1 aromatic rings. The molecule has 1 saturated carbocycles. The maximum Gasteiger partial charge on any atom is 0.139 e. The van der Waals surface area contributed by atoms with E-state index in [1.807, 2.05) is 24.3 Å². The number of methoxy groups -OCH3 is 1. The van der Waals surface area contributed by atoms with Gasteiger partial charge in [-0.1, -0.05) is 31.4 Å². The molecule has 3 heteroatoms. The summed E-state index contributed by atoms with van der Waals surface area (Å²) in [4.78, 5) is 12.2. The second-order valence-electron chi connectivity index (χ2n) is 5.67. The van der Waals surface area contributed by atoms with Crippen LogP contribution in [0.2, 0.25) is 0 Å². The zero-order valence-corrected chi connectivity index (χ0v) is 11.7. The topological polar surface area (TPSA) is 52.3 Å². The molecular formula is C16H23NO2. The molecule has 19 heavy (non-hydrogen) atoms. The second kappa shape index (κ2) is 6.20. The maximum absolute atomic E-state index is 12.2.